The van der Waals surface area contributed by atoms with Crippen LogP contribution < -0.4 is 10.6 Å². The van der Waals surface area contributed by atoms with Crippen molar-refractivity contribution in [3.8, 4) is 0 Å². The summed E-state index contributed by atoms with van der Waals surface area (Å²) in [6, 6.07) is 19.0. The number of rotatable bonds is 5. The molecule has 0 aromatic heterocycles. The normalized spacial score (nSPS) is 11.7. The maximum atomic E-state index is 11.5. The van der Waals surface area contributed by atoms with Crippen LogP contribution in [0.5, 0.6) is 0 Å². The van der Waals surface area contributed by atoms with Crippen LogP contribution in [0, 0.1) is 0 Å². The Morgan fingerprint density at radius 1 is 1.05 bits per heavy atom. The van der Waals surface area contributed by atoms with Crippen molar-refractivity contribution in [3.05, 3.63) is 60.7 Å². The third kappa shape index (κ3) is 3.36. The highest BCUT2D eigenvalue weighted by Crippen LogP contribution is 2.24. The molecule has 20 heavy (non-hydrogen) atoms. The second-order valence-corrected chi connectivity index (χ2v) is 4.41. The molecule has 0 bridgehead atoms. The molecule has 2 rings (SSSR count). The van der Waals surface area contributed by atoms with Crippen molar-refractivity contribution in [1.29, 1.82) is 0 Å². The van der Waals surface area contributed by atoms with Crippen LogP contribution in [-0.2, 0) is 9.53 Å². The van der Waals surface area contributed by atoms with Crippen molar-refractivity contribution in [2.75, 3.05) is 18.6 Å². The minimum absolute atomic E-state index is 0.362. The van der Waals surface area contributed by atoms with E-state index in [-0.39, 0.29) is 0 Å². The van der Waals surface area contributed by atoms with Crippen LogP contribution in [0.25, 0.3) is 0 Å². The van der Waals surface area contributed by atoms with Crippen LogP contribution in [-0.4, -0.2) is 25.7 Å². The molecule has 0 unspecified atom stereocenters. The molecule has 0 heterocycles. The summed E-state index contributed by atoms with van der Waals surface area (Å²) in [5.74, 6) is -0.415. The molecule has 104 valence electrons. The molecular weight excluding hydrogens is 252 g/mol. The van der Waals surface area contributed by atoms with Gasteiger partial charge in [0, 0.05) is 17.9 Å². The van der Waals surface area contributed by atoms with Gasteiger partial charge >= 0.3 is 5.97 Å². The third-order valence-electron chi connectivity index (χ3n) is 3.02. The number of esters is 1. The number of para-hydroxylation sites is 2. The maximum Gasteiger partial charge on any atom is 0.324 e. The molecule has 4 heteroatoms. The fraction of sp³-hybridized carbons (Fsp3) is 0.188. The van der Waals surface area contributed by atoms with Gasteiger partial charge in [-0.05, 0) is 24.3 Å². The van der Waals surface area contributed by atoms with Gasteiger partial charge in [0.25, 0.3) is 0 Å². The van der Waals surface area contributed by atoms with Crippen LogP contribution in [0.1, 0.15) is 0 Å². The Kier molecular flexibility index (Phi) is 4.74. The Hall–Kier alpha value is -2.33. The van der Waals surface area contributed by atoms with Gasteiger partial charge in [0.1, 0.15) is 6.04 Å². The number of nitrogens with zero attached hydrogens (tertiary/aromatic N) is 1. The minimum Gasteiger partial charge on any atom is -0.468 e. The van der Waals surface area contributed by atoms with Gasteiger partial charge in [0.05, 0.1) is 7.11 Å². The molecule has 0 saturated carbocycles. The van der Waals surface area contributed by atoms with E-state index in [0.717, 1.165) is 11.4 Å². The van der Waals surface area contributed by atoms with Crippen molar-refractivity contribution in [2.45, 2.75) is 6.04 Å². The number of anilines is 2. The monoisotopic (exact) mass is 270 g/mol. The molecule has 0 aliphatic rings. The van der Waals surface area contributed by atoms with Crippen LogP contribution in [0.4, 0.5) is 11.4 Å². The van der Waals surface area contributed by atoms with E-state index in [1.165, 1.54) is 7.11 Å². The summed E-state index contributed by atoms with van der Waals surface area (Å²) in [4.78, 5) is 13.5. The highest BCUT2D eigenvalue weighted by atomic mass is 16.5. The zero-order chi connectivity index (χ0) is 14.4. The molecule has 4 nitrogen and oxygen atoms in total. The highest BCUT2D eigenvalue weighted by molar-refractivity contribution is 5.77. The van der Waals surface area contributed by atoms with E-state index in [0.29, 0.717) is 6.54 Å². The van der Waals surface area contributed by atoms with Crippen LogP contribution in [0.2, 0.25) is 0 Å². The lowest BCUT2D eigenvalue weighted by atomic mass is 10.2. The molecule has 0 fully saturated rings. The highest BCUT2D eigenvalue weighted by Gasteiger charge is 2.19. The summed E-state index contributed by atoms with van der Waals surface area (Å²) >= 11 is 0. The smallest absolute Gasteiger partial charge is 0.324 e. The molecule has 2 aromatic carbocycles. The summed E-state index contributed by atoms with van der Waals surface area (Å²) in [7, 11) is 1.34. The van der Waals surface area contributed by atoms with Crippen molar-refractivity contribution in [2.24, 2.45) is 5.73 Å². The minimum atomic E-state index is -0.694. The third-order valence-corrected chi connectivity index (χ3v) is 3.02. The van der Waals surface area contributed by atoms with E-state index >= 15 is 0 Å². The second kappa shape index (κ2) is 6.73. The van der Waals surface area contributed by atoms with Gasteiger partial charge in [-0.1, -0.05) is 36.4 Å². The lowest BCUT2D eigenvalue weighted by Crippen LogP contribution is -2.41. The van der Waals surface area contributed by atoms with Crippen molar-refractivity contribution in [3.63, 3.8) is 0 Å². The van der Waals surface area contributed by atoms with E-state index in [9.17, 15) is 4.79 Å². The van der Waals surface area contributed by atoms with Gasteiger partial charge in [0.15, 0.2) is 0 Å². The van der Waals surface area contributed by atoms with Crippen molar-refractivity contribution >= 4 is 17.3 Å². The number of carbonyl (C=O) groups is 1. The Morgan fingerprint density at radius 2 is 1.50 bits per heavy atom. The number of benzene rings is 2. The Morgan fingerprint density at radius 3 is 1.90 bits per heavy atom. The summed E-state index contributed by atoms with van der Waals surface area (Å²) in [6.45, 7) is 0.362. The predicted molar refractivity (Wildman–Crippen MR) is 79.9 cm³/mol. The van der Waals surface area contributed by atoms with Crippen LogP contribution >= 0.6 is 0 Å². The number of methoxy groups -OCH3 is 1. The first-order valence-corrected chi connectivity index (χ1v) is 6.43. The van der Waals surface area contributed by atoms with Gasteiger partial charge in [-0.15, -0.1) is 0 Å². The molecule has 2 aromatic rings. The second-order valence-electron chi connectivity index (χ2n) is 4.41. The molecule has 0 aliphatic carbocycles. The van der Waals surface area contributed by atoms with Gasteiger partial charge in [0.2, 0.25) is 0 Å². The first kappa shape index (κ1) is 14.1. The van der Waals surface area contributed by atoms with Crippen molar-refractivity contribution in [1.82, 2.24) is 0 Å². The Labute approximate surface area is 118 Å². The molecule has 0 spiro atoms. The molecule has 0 aliphatic heterocycles. The summed E-state index contributed by atoms with van der Waals surface area (Å²) in [5.41, 5.74) is 7.86. The maximum absolute atomic E-state index is 11.5. The van der Waals surface area contributed by atoms with E-state index in [2.05, 4.69) is 0 Å². The average Bonchev–Trinajstić information content (AvgIpc) is 2.53. The van der Waals surface area contributed by atoms with E-state index in [1.807, 2.05) is 65.6 Å². The summed E-state index contributed by atoms with van der Waals surface area (Å²) < 4.78 is 4.69. The molecule has 2 N–H and O–H groups in total. The number of nitrogens with two attached hydrogens (primary N) is 1. The fourth-order valence-corrected chi connectivity index (χ4v) is 2.00. The zero-order valence-electron chi connectivity index (χ0n) is 11.4. The van der Waals surface area contributed by atoms with Gasteiger partial charge < -0.3 is 15.4 Å². The quantitative estimate of drug-likeness (QED) is 0.847. The molecular formula is C16H18N2O2. The summed E-state index contributed by atoms with van der Waals surface area (Å²) in [5, 5.41) is 0. The topological polar surface area (TPSA) is 55.6 Å². The van der Waals surface area contributed by atoms with Gasteiger partial charge in [-0.2, -0.15) is 0 Å². The lowest BCUT2D eigenvalue weighted by Gasteiger charge is -2.27. The molecule has 0 amide bonds. The fourth-order valence-electron chi connectivity index (χ4n) is 2.00. The van der Waals surface area contributed by atoms with Gasteiger partial charge in [-0.25, -0.2) is 0 Å². The van der Waals surface area contributed by atoms with Gasteiger partial charge in [-0.3, -0.25) is 4.79 Å². The largest absolute Gasteiger partial charge is 0.468 e. The Balaban J connectivity index is 2.28. The number of hydrogen-bond donors (Lipinski definition) is 1. The average molecular weight is 270 g/mol. The first-order chi connectivity index (χ1) is 9.72. The Bertz CT molecular complexity index is 503. The zero-order valence-corrected chi connectivity index (χ0v) is 11.4. The SMILES string of the molecule is COC(=O)[C@@H](N)CN(c1ccccc1)c1ccccc1. The number of hydrogen-bond acceptors (Lipinski definition) is 4. The standard InChI is InChI=1S/C16H18N2O2/c1-20-16(19)15(17)12-18(13-8-4-2-5-9-13)14-10-6-3-7-11-14/h2-11,15H,12,17H2,1H3/t15-/m0/s1. The van der Waals surface area contributed by atoms with E-state index < -0.39 is 12.0 Å². The molecule has 0 saturated heterocycles. The van der Waals surface area contributed by atoms with E-state index in [4.69, 9.17) is 10.5 Å². The van der Waals surface area contributed by atoms with E-state index in [1.54, 1.807) is 0 Å². The summed E-state index contributed by atoms with van der Waals surface area (Å²) in [6.07, 6.45) is 0. The predicted octanol–water partition coefficient (Wildman–Crippen LogP) is 2.33. The van der Waals surface area contributed by atoms with Crippen LogP contribution in [0.3, 0.4) is 0 Å². The molecule has 1 atom stereocenters. The number of carbonyl (C=O) groups excluding carboxylic acids is 1. The van der Waals surface area contributed by atoms with Crippen molar-refractivity contribution < 1.29 is 9.53 Å². The molecule has 0 radical (unpaired) electrons. The van der Waals surface area contributed by atoms with Crippen LogP contribution in [0.15, 0.2) is 60.7 Å². The number of ether oxygens (including phenoxy) is 1. The lowest BCUT2D eigenvalue weighted by molar-refractivity contribution is -0.141. The first-order valence-electron chi connectivity index (χ1n) is 6.43.